The number of nitrogens with two attached hydrogens (primary N) is 1. The van der Waals surface area contributed by atoms with E-state index < -0.39 is 18.7 Å². The van der Waals surface area contributed by atoms with Gasteiger partial charge in [0.2, 0.25) is 5.41 Å². The number of anilines is 2. The van der Waals surface area contributed by atoms with Gasteiger partial charge in [0.1, 0.15) is 0 Å². The Bertz CT molecular complexity index is 1370. The van der Waals surface area contributed by atoms with E-state index in [9.17, 15) is 9.36 Å². The molecule has 0 aliphatic heterocycles. The average molecular weight is 488 g/mol. The first-order valence-electron chi connectivity index (χ1n) is 11.0. The van der Waals surface area contributed by atoms with Crippen LogP contribution in [-0.4, -0.2) is 13.0 Å². The summed E-state index contributed by atoms with van der Waals surface area (Å²) in [7, 11) is -2.66. The van der Waals surface area contributed by atoms with Gasteiger partial charge < -0.3 is 15.6 Å². The van der Waals surface area contributed by atoms with Crippen molar-refractivity contribution in [2.45, 2.75) is 12.3 Å². The number of hydrogen-bond acceptors (Lipinski definition) is 4. The Labute approximate surface area is 204 Å². The van der Waals surface area contributed by atoms with Gasteiger partial charge in [-0.2, -0.15) is 0 Å². The van der Waals surface area contributed by atoms with Crippen molar-refractivity contribution in [3.8, 4) is 11.1 Å². The predicted molar refractivity (Wildman–Crippen MR) is 140 cm³/mol. The zero-order valence-electron chi connectivity index (χ0n) is 19.4. The van der Waals surface area contributed by atoms with Crippen molar-refractivity contribution < 1.29 is 18.3 Å². The molecule has 0 aromatic heterocycles. The van der Waals surface area contributed by atoms with Crippen LogP contribution in [0.2, 0.25) is 0 Å². The summed E-state index contributed by atoms with van der Waals surface area (Å²) in [5, 5.41) is 0.807. The molecule has 0 bridgehead atoms. The number of carbonyl (C=O) groups is 1. The molecule has 178 valence electrons. The number of nitrogen functional groups attached to an aromatic ring is 1. The summed E-state index contributed by atoms with van der Waals surface area (Å²) in [6, 6.07) is 29.3. The van der Waals surface area contributed by atoms with E-state index in [4.69, 9.17) is 10.3 Å². The molecule has 5 nitrogen and oxygen atoms in total. The second-order valence-corrected chi connectivity index (χ2v) is 11.0. The monoisotopic (exact) mass is 488 g/mol. The summed E-state index contributed by atoms with van der Waals surface area (Å²) in [5.41, 5.74) is 9.35. The van der Waals surface area contributed by atoms with E-state index in [-0.39, 0.29) is 10.9 Å². The molecule has 4 aromatic rings. The molecule has 35 heavy (non-hydrogen) atoms. The van der Waals surface area contributed by atoms with E-state index in [0.717, 1.165) is 11.1 Å². The van der Waals surface area contributed by atoms with Crippen LogP contribution in [0.3, 0.4) is 0 Å². The van der Waals surface area contributed by atoms with Crippen molar-refractivity contribution in [1.82, 2.24) is 0 Å². The summed E-state index contributed by atoms with van der Waals surface area (Å²) >= 11 is 0. The van der Waals surface area contributed by atoms with Crippen LogP contribution < -0.4 is 16.4 Å². The maximum absolute atomic E-state index is 16.0. The van der Waals surface area contributed by atoms with Gasteiger partial charge in [0, 0.05) is 18.0 Å². The Morgan fingerprint density at radius 3 is 2.09 bits per heavy atom. The quantitative estimate of drug-likeness (QED) is 0.227. The van der Waals surface area contributed by atoms with Crippen LogP contribution in [-0.2, 0) is 14.5 Å². The minimum absolute atomic E-state index is 0.147. The Morgan fingerprint density at radius 1 is 0.886 bits per heavy atom. The lowest BCUT2D eigenvalue weighted by atomic mass is 10.0. The molecule has 0 fully saturated rings. The molecule has 7 heteroatoms. The molecule has 2 unspecified atom stereocenters. The summed E-state index contributed by atoms with van der Waals surface area (Å²) in [4.78, 5) is 12.9. The summed E-state index contributed by atoms with van der Waals surface area (Å²) < 4.78 is 34.8. The SMILES string of the molecule is COP(=O)(c1ccccc1)C(C)(F)c1ccc(C(=O)Nc2cc(-c3ccccc3)ccc2N)cc1. The fourth-order valence-electron chi connectivity index (χ4n) is 3.91. The maximum atomic E-state index is 16.0. The van der Waals surface area contributed by atoms with Crippen molar-refractivity contribution in [2.24, 2.45) is 0 Å². The normalized spacial score (nSPS) is 14.5. The molecule has 0 saturated carbocycles. The first kappa shape index (κ1) is 24.4. The van der Waals surface area contributed by atoms with Gasteiger partial charge in [-0.15, -0.1) is 0 Å². The molecule has 0 spiro atoms. The second kappa shape index (κ2) is 9.87. The third-order valence-electron chi connectivity index (χ3n) is 5.99. The molecular formula is C28H26FN2O3P. The fraction of sp³-hybridized carbons (Fsp3) is 0.107. The van der Waals surface area contributed by atoms with Crippen LogP contribution >= 0.6 is 7.37 Å². The van der Waals surface area contributed by atoms with E-state index in [1.54, 1.807) is 36.4 Å². The smallest absolute Gasteiger partial charge is 0.272 e. The summed E-state index contributed by atoms with van der Waals surface area (Å²) in [6.07, 6.45) is 0. The molecule has 0 saturated heterocycles. The lowest BCUT2D eigenvalue weighted by molar-refractivity contribution is 0.102. The Hall–Kier alpha value is -3.73. The number of carbonyl (C=O) groups excluding carboxylic acids is 1. The highest BCUT2D eigenvalue weighted by Crippen LogP contribution is 2.63. The number of halogens is 1. The van der Waals surface area contributed by atoms with Crippen LogP contribution in [0.1, 0.15) is 22.8 Å². The van der Waals surface area contributed by atoms with Gasteiger partial charge in [-0.1, -0.05) is 66.7 Å². The number of nitrogens with one attached hydrogen (secondary N) is 1. The zero-order valence-corrected chi connectivity index (χ0v) is 20.3. The van der Waals surface area contributed by atoms with Gasteiger partial charge in [0.25, 0.3) is 13.3 Å². The van der Waals surface area contributed by atoms with Gasteiger partial charge in [-0.3, -0.25) is 9.36 Å². The predicted octanol–water partition coefficient (Wildman–Crippen LogP) is 6.58. The maximum Gasteiger partial charge on any atom is 0.272 e. The van der Waals surface area contributed by atoms with Crippen molar-refractivity contribution in [2.75, 3.05) is 18.2 Å². The topological polar surface area (TPSA) is 81.4 Å². The van der Waals surface area contributed by atoms with Crippen molar-refractivity contribution in [3.05, 3.63) is 114 Å². The Morgan fingerprint density at radius 2 is 1.49 bits per heavy atom. The van der Waals surface area contributed by atoms with Crippen LogP contribution in [0.4, 0.5) is 15.8 Å². The van der Waals surface area contributed by atoms with Gasteiger partial charge in [-0.05, 0) is 60.0 Å². The second-order valence-electron chi connectivity index (χ2n) is 8.22. The third-order valence-corrected chi connectivity index (χ3v) is 8.84. The lowest BCUT2D eigenvalue weighted by Gasteiger charge is -2.30. The first-order chi connectivity index (χ1) is 16.8. The number of hydrogen-bond donors (Lipinski definition) is 2. The Kier molecular flexibility index (Phi) is 6.88. The number of rotatable bonds is 7. The first-order valence-corrected chi connectivity index (χ1v) is 12.7. The minimum atomic E-state index is -3.90. The molecule has 2 atom stereocenters. The summed E-state index contributed by atoms with van der Waals surface area (Å²) in [5.74, 6) is -0.396. The van der Waals surface area contributed by atoms with E-state index in [0.29, 0.717) is 16.9 Å². The standard InChI is InChI=1S/C28H26FN2O3P/c1-28(29,35(33,34-2)24-11-7-4-8-12-24)23-16-13-21(14-17-23)27(32)31-26-19-22(15-18-25(26)30)20-9-5-3-6-10-20/h3-19H,30H2,1-2H3,(H,31,32). The van der Waals surface area contributed by atoms with E-state index in [1.807, 2.05) is 42.5 Å². The molecule has 0 aliphatic rings. The minimum Gasteiger partial charge on any atom is -0.397 e. The van der Waals surface area contributed by atoms with Crippen LogP contribution in [0.15, 0.2) is 103 Å². The number of alkyl halides is 1. The molecule has 0 heterocycles. The highest BCUT2D eigenvalue weighted by Gasteiger charge is 2.48. The van der Waals surface area contributed by atoms with E-state index in [2.05, 4.69) is 5.32 Å². The van der Waals surface area contributed by atoms with Gasteiger partial charge >= 0.3 is 0 Å². The highest BCUT2D eigenvalue weighted by atomic mass is 31.2. The fourth-order valence-corrected chi connectivity index (χ4v) is 6.00. The van der Waals surface area contributed by atoms with E-state index >= 15 is 4.39 Å². The van der Waals surface area contributed by atoms with Crippen molar-refractivity contribution in [3.63, 3.8) is 0 Å². The van der Waals surface area contributed by atoms with E-state index in [1.165, 1.54) is 38.3 Å². The third kappa shape index (κ3) is 4.76. The molecule has 0 radical (unpaired) electrons. The molecule has 0 aliphatic carbocycles. The number of benzene rings is 4. The molecule has 1 amide bonds. The van der Waals surface area contributed by atoms with Crippen molar-refractivity contribution >= 4 is 30.0 Å². The molecule has 4 rings (SSSR count). The molecule has 3 N–H and O–H groups in total. The largest absolute Gasteiger partial charge is 0.397 e. The average Bonchev–Trinajstić information content (AvgIpc) is 2.90. The van der Waals surface area contributed by atoms with Gasteiger partial charge in [-0.25, -0.2) is 4.39 Å². The van der Waals surface area contributed by atoms with Gasteiger partial charge in [0.05, 0.1) is 11.4 Å². The van der Waals surface area contributed by atoms with Crippen LogP contribution in [0, 0.1) is 0 Å². The molecular weight excluding hydrogens is 462 g/mol. The van der Waals surface area contributed by atoms with Crippen LogP contribution in [0.5, 0.6) is 0 Å². The number of amides is 1. The Balaban J connectivity index is 1.58. The lowest BCUT2D eigenvalue weighted by Crippen LogP contribution is -2.24. The van der Waals surface area contributed by atoms with Crippen molar-refractivity contribution in [1.29, 1.82) is 0 Å². The molecule has 4 aromatic carbocycles. The zero-order chi connectivity index (χ0) is 25.1. The summed E-state index contributed by atoms with van der Waals surface area (Å²) in [6.45, 7) is 1.23. The highest BCUT2D eigenvalue weighted by molar-refractivity contribution is 7.67. The van der Waals surface area contributed by atoms with Crippen LogP contribution in [0.25, 0.3) is 11.1 Å². The van der Waals surface area contributed by atoms with Gasteiger partial charge in [0.15, 0.2) is 0 Å².